The van der Waals surface area contributed by atoms with E-state index < -0.39 is 9.96 Å². The molecule has 22 heavy (non-hydrogen) atoms. The lowest BCUT2D eigenvalue weighted by molar-refractivity contribution is 0.238. The molecule has 0 saturated heterocycles. The third-order valence-corrected chi connectivity index (χ3v) is 4.34. The van der Waals surface area contributed by atoms with E-state index in [4.69, 9.17) is 39.9 Å². The van der Waals surface area contributed by atoms with Gasteiger partial charge in [0, 0.05) is 31.2 Å². The maximum Gasteiger partial charge on any atom is 0.229 e. The summed E-state index contributed by atoms with van der Waals surface area (Å²) >= 11 is 18.7. The molecule has 1 aromatic rings. The molecule has 0 aromatic heterocycles. The molecule has 0 spiro atoms. The Hall–Kier alpha value is -0.610. The van der Waals surface area contributed by atoms with Crippen LogP contribution in [0.4, 0.5) is 5.69 Å². The molecule has 6 heteroatoms. The number of aryl methyl sites for hydroxylation is 3. The van der Waals surface area contributed by atoms with Crippen LogP contribution in [0.3, 0.4) is 0 Å². The molecule has 1 aliphatic heterocycles. The van der Waals surface area contributed by atoms with Gasteiger partial charge in [0.15, 0.2) is 6.17 Å². The maximum atomic E-state index is 9.05. The molecule has 0 radical (unpaired) electrons. The van der Waals surface area contributed by atoms with Gasteiger partial charge in [0.25, 0.3) is 0 Å². The first-order valence-corrected chi connectivity index (χ1v) is 8.37. The first kappa shape index (κ1) is 17.7. The van der Waals surface area contributed by atoms with E-state index in [-0.39, 0.29) is 6.61 Å². The normalized spacial score (nSPS) is 18.4. The van der Waals surface area contributed by atoms with Crippen LogP contribution in [0.5, 0.6) is 0 Å². The highest BCUT2D eigenvalue weighted by atomic mass is 35.6. The first-order valence-electron chi connectivity index (χ1n) is 7.23. The molecule has 1 aliphatic rings. The molecule has 0 bridgehead atoms. The molecule has 1 N–H and O–H groups in total. The number of aliphatic hydroxyl groups is 1. The minimum atomic E-state index is -1.47. The van der Waals surface area contributed by atoms with Crippen LogP contribution in [0.1, 0.15) is 23.1 Å². The first-order chi connectivity index (χ1) is 10.3. The predicted octanol–water partition coefficient (Wildman–Crippen LogP) is 4.28. The molecule has 1 atom stereocenters. The van der Waals surface area contributed by atoms with Gasteiger partial charge < -0.3 is 14.9 Å². The van der Waals surface area contributed by atoms with E-state index in [1.807, 2.05) is 22.2 Å². The number of alkyl halides is 3. The second kappa shape index (κ2) is 6.88. The van der Waals surface area contributed by atoms with Crippen molar-refractivity contribution in [3.63, 3.8) is 0 Å². The van der Waals surface area contributed by atoms with Crippen molar-refractivity contribution in [3.8, 4) is 0 Å². The van der Waals surface area contributed by atoms with Crippen LogP contribution in [0, 0.1) is 20.8 Å². The number of aliphatic hydroxyl groups excluding tert-OH is 1. The third kappa shape index (κ3) is 3.65. The molecule has 1 heterocycles. The van der Waals surface area contributed by atoms with Crippen molar-refractivity contribution in [1.82, 2.24) is 4.90 Å². The van der Waals surface area contributed by atoms with Gasteiger partial charge in [-0.05, 0) is 38.3 Å². The zero-order chi connectivity index (χ0) is 16.5. The summed E-state index contributed by atoms with van der Waals surface area (Å²) in [6.45, 7) is 6.94. The Balaban J connectivity index is 2.40. The van der Waals surface area contributed by atoms with Crippen molar-refractivity contribution >= 4 is 40.5 Å². The van der Waals surface area contributed by atoms with Gasteiger partial charge in [0.1, 0.15) is 0 Å². The molecule has 0 saturated carbocycles. The third-order valence-electron chi connectivity index (χ3n) is 3.76. The zero-order valence-electron chi connectivity index (χ0n) is 13.0. The van der Waals surface area contributed by atoms with E-state index in [1.54, 1.807) is 0 Å². The summed E-state index contributed by atoms with van der Waals surface area (Å²) in [5.74, 6) is 0. The van der Waals surface area contributed by atoms with Gasteiger partial charge in [0.05, 0.1) is 0 Å². The number of hydrogen-bond donors (Lipinski definition) is 1. The minimum Gasteiger partial charge on any atom is -0.396 e. The van der Waals surface area contributed by atoms with Crippen molar-refractivity contribution in [1.29, 1.82) is 0 Å². The number of benzene rings is 1. The van der Waals surface area contributed by atoms with Gasteiger partial charge >= 0.3 is 0 Å². The molecular formula is C16H21Cl3N2O. The number of hydrogen-bond acceptors (Lipinski definition) is 3. The zero-order valence-corrected chi connectivity index (χ0v) is 15.3. The van der Waals surface area contributed by atoms with Gasteiger partial charge in [-0.3, -0.25) is 0 Å². The van der Waals surface area contributed by atoms with Crippen LogP contribution >= 0.6 is 34.8 Å². The monoisotopic (exact) mass is 362 g/mol. The Morgan fingerprint density at radius 1 is 1.09 bits per heavy atom. The van der Waals surface area contributed by atoms with Crippen LogP contribution in [0.25, 0.3) is 0 Å². The number of anilines is 1. The molecule has 0 aliphatic carbocycles. The molecular weight excluding hydrogens is 343 g/mol. The van der Waals surface area contributed by atoms with Crippen LogP contribution in [0.15, 0.2) is 24.5 Å². The molecule has 1 unspecified atom stereocenters. The van der Waals surface area contributed by atoms with E-state index in [0.717, 1.165) is 16.8 Å². The lowest BCUT2D eigenvalue weighted by Gasteiger charge is -2.38. The van der Waals surface area contributed by atoms with E-state index in [0.29, 0.717) is 13.0 Å². The smallest absolute Gasteiger partial charge is 0.229 e. The number of nitrogens with zero attached hydrogens (tertiary/aromatic N) is 2. The van der Waals surface area contributed by atoms with Crippen molar-refractivity contribution in [3.05, 3.63) is 41.2 Å². The van der Waals surface area contributed by atoms with E-state index in [9.17, 15) is 0 Å². The highest BCUT2D eigenvalue weighted by Crippen LogP contribution is 2.42. The minimum absolute atomic E-state index is 0.111. The van der Waals surface area contributed by atoms with Crippen molar-refractivity contribution in [2.75, 3.05) is 18.1 Å². The molecule has 3 nitrogen and oxygen atoms in total. The van der Waals surface area contributed by atoms with E-state index >= 15 is 0 Å². The van der Waals surface area contributed by atoms with Gasteiger partial charge in [-0.15, -0.1) is 0 Å². The van der Waals surface area contributed by atoms with Gasteiger partial charge in [-0.2, -0.15) is 0 Å². The molecule has 2 rings (SSSR count). The Morgan fingerprint density at radius 3 is 2.18 bits per heavy atom. The summed E-state index contributed by atoms with van der Waals surface area (Å²) in [5.41, 5.74) is 4.56. The van der Waals surface area contributed by atoms with Gasteiger partial charge in [-0.25, -0.2) is 0 Å². The van der Waals surface area contributed by atoms with Crippen molar-refractivity contribution in [2.45, 2.75) is 37.2 Å². The van der Waals surface area contributed by atoms with Crippen LogP contribution in [-0.2, 0) is 0 Å². The molecule has 0 fully saturated rings. The fraction of sp³-hybridized carbons (Fsp3) is 0.500. The second-order valence-electron chi connectivity index (χ2n) is 5.68. The lowest BCUT2D eigenvalue weighted by Crippen LogP contribution is -2.48. The number of halogens is 3. The predicted molar refractivity (Wildman–Crippen MR) is 94.8 cm³/mol. The Kier molecular flexibility index (Phi) is 5.54. The fourth-order valence-corrected chi connectivity index (χ4v) is 3.74. The van der Waals surface area contributed by atoms with Gasteiger partial charge in [-0.1, -0.05) is 52.5 Å². The summed E-state index contributed by atoms with van der Waals surface area (Å²) in [4.78, 5) is 3.97. The summed E-state index contributed by atoms with van der Waals surface area (Å²) in [6, 6.07) is 4.25. The van der Waals surface area contributed by atoms with Crippen molar-refractivity contribution in [2.24, 2.45) is 0 Å². The second-order valence-corrected chi connectivity index (χ2v) is 8.05. The lowest BCUT2D eigenvalue weighted by atomic mass is 10.0. The fourth-order valence-electron chi connectivity index (χ4n) is 3.05. The molecule has 122 valence electrons. The van der Waals surface area contributed by atoms with Gasteiger partial charge in [0.2, 0.25) is 3.79 Å². The topological polar surface area (TPSA) is 26.7 Å². The van der Waals surface area contributed by atoms with Crippen LogP contribution < -0.4 is 4.90 Å². The van der Waals surface area contributed by atoms with Crippen LogP contribution in [0.2, 0.25) is 0 Å². The summed E-state index contributed by atoms with van der Waals surface area (Å²) < 4.78 is -1.47. The maximum absolute atomic E-state index is 9.05. The van der Waals surface area contributed by atoms with E-state index in [2.05, 4.69) is 32.9 Å². The molecule has 0 amide bonds. The van der Waals surface area contributed by atoms with Crippen LogP contribution in [-0.4, -0.2) is 33.1 Å². The quantitative estimate of drug-likeness (QED) is 0.809. The summed E-state index contributed by atoms with van der Waals surface area (Å²) in [6.07, 6.45) is 4.06. The van der Waals surface area contributed by atoms with E-state index in [1.165, 1.54) is 5.56 Å². The largest absolute Gasteiger partial charge is 0.396 e. The molecule has 1 aromatic carbocycles. The average Bonchev–Trinajstić information content (AvgIpc) is 2.78. The SMILES string of the molecule is Cc1cc(C)c(N2C=CN(CCCO)C2C(Cl)(Cl)Cl)c(C)c1. The summed E-state index contributed by atoms with van der Waals surface area (Å²) in [7, 11) is 0. The summed E-state index contributed by atoms with van der Waals surface area (Å²) in [5, 5.41) is 9.05. The number of rotatable bonds is 4. The Morgan fingerprint density at radius 2 is 1.68 bits per heavy atom. The highest BCUT2D eigenvalue weighted by molar-refractivity contribution is 6.68. The average molecular weight is 364 g/mol. The Labute approximate surface area is 147 Å². The standard InChI is InChI=1S/C16H21Cl3N2O/c1-11-9-12(2)14(13(3)10-11)21-7-6-20(5-4-8-22)15(21)16(17,18)19/h6-7,9-10,15,22H,4-5,8H2,1-3H3. The van der Waals surface area contributed by atoms with Crippen molar-refractivity contribution < 1.29 is 5.11 Å². The Bertz CT molecular complexity index is 546. The highest BCUT2D eigenvalue weighted by Gasteiger charge is 2.43.